The third-order valence-electron chi connectivity index (χ3n) is 5.76. The molecule has 3 aromatic heterocycles. The summed E-state index contributed by atoms with van der Waals surface area (Å²) in [6.07, 6.45) is 0. The second-order valence-corrected chi connectivity index (χ2v) is 9.03. The molecule has 11 heteroatoms. The van der Waals surface area contributed by atoms with Crippen LogP contribution >= 0.6 is 11.3 Å². The number of methoxy groups -OCH3 is 1. The number of ketones is 1. The first kappa shape index (κ1) is 23.1. The van der Waals surface area contributed by atoms with Crippen LogP contribution in [-0.4, -0.2) is 37.6 Å². The largest absolute Gasteiger partial charge is 0.503 e. The first-order chi connectivity index (χ1) is 17.2. The van der Waals surface area contributed by atoms with E-state index in [0.717, 1.165) is 11.3 Å². The second-order valence-electron chi connectivity index (χ2n) is 8.02. The molecule has 0 aliphatic heterocycles. The van der Waals surface area contributed by atoms with Gasteiger partial charge >= 0.3 is 0 Å². The van der Waals surface area contributed by atoms with Gasteiger partial charge in [-0.05, 0) is 55.8 Å². The molecule has 2 N–H and O–H groups in total. The zero-order valence-electron chi connectivity index (χ0n) is 19.3. The molecule has 36 heavy (non-hydrogen) atoms. The first-order valence-corrected chi connectivity index (χ1v) is 11.5. The van der Waals surface area contributed by atoms with Crippen LogP contribution < -0.4 is 4.74 Å². The van der Waals surface area contributed by atoms with Gasteiger partial charge in [0.05, 0.1) is 39.1 Å². The van der Waals surface area contributed by atoms with Gasteiger partial charge in [-0.2, -0.15) is 0 Å². The minimum absolute atomic E-state index is 0.102. The standard InChI is InChI=1S/C25H19N3O7S/c1-12-10-17(13(2)35-12)22(29)20-21(14-4-7-16(34-3)8-5-14)27(24(31)23(20)30)25-26-18-9-6-15(28(32)33)11-19(18)36-25/h4-11,30-31H,1-3H3. The average Bonchev–Trinajstić information content (AvgIpc) is 3.51. The second kappa shape index (κ2) is 8.54. The van der Waals surface area contributed by atoms with Gasteiger partial charge in [-0.15, -0.1) is 0 Å². The molecule has 0 atom stereocenters. The fraction of sp³-hybridized carbons (Fsp3) is 0.120. The Balaban J connectivity index is 1.79. The van der Waals surface area contributed by atoms with E-state index in [0.29, 0.717) is 33.1 Å². The van der Waals surface area contributed by atoms with Crippen molar-refractivity contribution in [3.05, 3.63) is 81.3 Å². The van der Waals surface area contributed by atoms with E-state index < -0.39 is 22.3 Å². The van der Waals surface area contributed by atoms with Gasteiger partial charge in [-0.3, -0.25) is 19.5 Å². The van der Waals surface area contributed by atoms with E-state index in [1.54, 1.807) is 44.2 Å². The highest BCUT2D eigenvalue weighted by Gasteiger charge is 2.32. The van der Waals surface area contributed by atoms with Crippen molar-refractivity contribution in [2.45, 2.75) is 13.8 Å². The van der Waals surface area contributed by atoms with E-state index >= 15 is 0 Å². The molecule has 182 valence electrons. The number of aromatic hydroxyl groups is 2. The number of aryl methyl sites for hydroxylation is 2. The minimum Gasteiger partial charge on any atom is -0.503 e. The number of nitrogens with zero attached hydrogens (tertiary/aromatic N) is 3. The number of benzene rings is 2. The maximum atomic E-state index is 13.6. The minimum atomic E-state index is -0.616. The smallest absolute Gasteiger partial charge is 0.270 e. The van der Waals surface area contributed by atoms with Gasteiger partial charge in [0.2, 0.25) is 11.7 Å². The van der Waals surface area contributed by atoms with Crippen molar-refractivity contribution in [2.24, 2.45) is 0 Å². The Morgan fingerprint density at radius 2 is 1.86 bits per heavy atom. The molecule has 3 heterocycles. The van der Waals surface area contributed by atoms with Gasteiger partial charge < -0.3 is 19.4 Å². The Kier molecular flexibility index (Phi) is 5.48. The molecule has 0 spiro atoms. The third kappa shape index (κ3) is 3.66. The summed E-state index contributed by atoms with van der Waals surface area (Å²) in [7, 11) is 1.52. The van der Waals surface area contributed by atoms with E-state index in [4.69, 9.17) is 9.15 Å². The lowest BCUT2D eigenvalue weighted by Crippen LogP contribution is -2.05. The summed E-state index contributed by atoms with van der Waals surface area (Å²) in [6.45, 7) is 3.35. The lowest BCUT2D eigenvalue weighted by Gasteiger charge is -2.10. The number of nitro groups is 1. The number of carbonyl (C=O) groups excluding carboxylic acids is 1. The maximum absolute atomic E-state index is 13.6. The number of hydrogen-bond donors (Lipinski definition) is 2. The highest BCUT2D eigenvalue weighted by molar-refractivity contribution is 7.20. The number of carbonyl (C=O) groups is 1. The number of non-ortho nitro benzene ring substituents is 1. The van der Waals surface area contributed by atoms with Crippen molar-refractivity contribution in [2.75, 3.05) is 7.11 Å². The number of ether oxygens (including phenoxy) is 1. The van der Waals surface area contributed by atoms with Gasteiger partial charge in [0, 0.05) is 12.1 Å². The fourth-order valence-corrected chi connectivity index (χ4v) is 5.08. The van der Waals surface area contributed by atoms with Crippen LogP contribution in [0.5, 0.6) is 17.4 Å². The van der Waals surface area contributed by atoms with Crippen LogP contribution in [0.2, 0.25) is 0 Å². The van der Waals surface area contributed by atoms with Crippen LogP contribution in [0.4, 0.5) is 5.69 Å². The molecule has 0 saturated heterocycles. The molecule has 0 aliphatic carbocycles. The lowest BCUT2D eigenvalue weighted by molar-refractivity contribution is -0.384. The van der Waals surface area contributed by atoms with Gasteiger partial charge in [0.25, 0.3) is 5.69 Å². The van der Waals surface area contributed by atoms with E-state index in [1.807, 2.05) is 0 Å². The molecule has 0 bridgehead atoms. The molecule has 0 unspecified atom stereocenters. The fourth-order valence-electron chi connectivity index (χ4n) is 4.07. The molecule has 0 aliphatic rings. The topological polar surface area (TPSA) is 141 Å². The van der Waals surface area contributed by atoms with E-state index in [-0.39, 0.29) is 27.6 Å². The number of fused-ring (bicyclic) bond motifs is 1. The van der Waals surface area contributed by atoms with Crippen LogP contribution in [0.15, 0.2) is 52.9 Å². The average molecular weight is 506 g/mol. The number of nitro benzene ring substituents is 1. The predicted octanol–water partition coefficient (Wildman–Crippen LogP) is 5.52. The summed E-state index contributed by atoms with van der Waals surface area (Å²) in [4.78, 5) is 28.9. The van der Waals surface area contributed by atoms with Crippen LogP contribution in [0.3, 0.4) is 0 Å². The number of rotatable bonds is 6. The molecule has 0 saturated carbocycles. The highest BCUT2D eigenvalue weighted by atomic mass is 32.1. The summed E-state index contributed by atoms with van der Waals surface area (Å²) in [5.74, 6) is -0.273. The summed E-state index contributed by atoms with van der Waals surface area (Å²) in [6, 6.07) is 12.5. The maximum Gasteiger partial charge on any atom is 0.270 e. The lowest BCUT2D eigenvalue weighted by atomic mass is 9.99. The third-order valence-corrected chi connectivity index (χ3v) is 6.76. The quantitative estimate of drug-likeness (QED) is 0.174. The van der Waals surface area contributed by atoms with E-state index in [1.165, 1.54) is 29.9 Å². The molecule has 0 radical (unpaired) electrons. The van der Waals surface area contributed by atoms with Crippen molar-refractivity contribution in [1.29, 1.82) is 0 Å². The molecule has 10 nitrogen and oxygen atoms in total. The predicted molar refractivity (Wildman–Crippen MR) is 133 cm³/mol. The summed E-state index contributed by atoms with van der Waals surface area (Å²) < 4.78 is 12.5. The van der Waals surface area contributed by atoms with Crippen molar-refractivity contribution < 1.29 is 29.1 Å². The molecule has 5 aromatic rings. The molecule has 2 aromatic carbocycles. The molecular weight excluding hydrogens is 486 g/mol. The first-order valence-electron chi connectivity index (χ1n) is 10.7. The monoisotopic (exact) mass is 505 g/mol. The van der Waals surface area contributed by atoms with Gasteiger partial charge in [0.15, 0.2) is 10.9 Å². The summed E-state index contributed by atoms with van der Waals surface area (Å²) in [5.41, 5.74) is 1.17. The van der Waals surface area contributed by atoms with E-state index in [9.17, 15) is 25.1 Å². The summed E-state index contributed by atoms with van der Waals surface area (Å²) in [5, 5.41) is 33.4. The Hall–Kier alpha value is -4.64. The van der Waals surface area contributed by atoms with Gasteiger partial charge in [-0.25, -0.2) is 4.98 Å². The molecule has 5 rings (SSSR count). The van der Waals surface area contributed by atoms with Crippen LogP contribution in [-0.2, 0) is 0 Å². The molecule has 0 amide bonds. The number of hydrogen-bond acceptors (Lipinski definition) is 9. The zero-order chi connectivity index (χ0) is 25.7. The van der Waals surface area contributed by atoms with Crippen molar-refractivity contribution in [1.82, 2.24) is 9.55 Å². The Labute approximate surface area is 207 Å². The van der Waals surface area contributed by atoms with Gasteiger partial charge in [0.1, 0.15) is 17.3 Å². The number of furan rings is 1. The Bertz CT molecular complexity index is 1660. The van der Waals surface area contributed by atoms with Crippen LogP contribution in [0, 0.1) is 24.0 Å². The SMILES string of the molecule is COc1ccc(-c2c(C(=O)c3cc(C)oc3C)c(O)c(O)n2-c2nc3ccc([N+](=O)[O-])cc3s2)cc1. The molecular formula is C25H19N3O7S. The van der Waals surface area contributed by atoms with Crippen molar-refractivity contribution in [3.63, 3.8) is 0 Å². The van der Waals surface area contributed by atoms with Crippen molar-refractivity contribution >= 4 is 33.0 Å². The zero-order valence-corrected chi connectivity index (χ0v) is 20.1. The highest BCUT2D eigenvalue weighted by Crippen LogP contribution is 2.46. The van der Waals surface area contributed by atoms with Crippen LogP contribution in [0.25, 0.3) is 26.6 Å². The Morgan fingerprint density at radius 3 is 2.47 bits per heavy atom. The Morgan fingerprint density at radius 1 is 1.14 bits per heavy atom. The van der Waals surface area contributed by atoms with E-state index in [2.05, 4.69) is 4.98 Å². The number of aromatic nitrogens is 2. The number of thiazole rings is 1. The molecule has 0 fully saturated rings. The van der Waals surface area contributed by atoms with Crippen molar-refractivity contribution in [3.8, 4) is 33.8 Å². The van der Waals surface area contributed by atoms with Crippen LogP contribution in [0.1, 0.15) is 27.4 Å². The summed E-state index contributed by atoms with van der Waals surface area (Å²) >= 11 is 1.07. The normalized spacial score (nSPS) is 11.2. The van der Waals surface area contributed by atoms with Gasteiger partial charge in [-0.1, -0.05) is 11.3 Å².